The summed E-state index contributed by atoms with van der Waals surface area (Å²) in [6.45, 7) is 5.18. The van der Waals surface area contributed by atoms with Crippen LogP contribution in [0.3, 0.4) is 0 Å². The van der Waals surface area contributed by atoms with E-state index in [1.165, 1.54) is 11.1 Å². The fraction of sp³-hybridized carbons (Fsp3) is 0.400. The van der Waals surface area contributed by atoms with Crippen molar-refractivity contribution in [2.75, 3.05) is 6.54 Å². The first-order chi connectivity index (χ1) is 9.20. The van der Waals surface area contributed by atoms with Crippen LogP contribution in [0.2, 0.25) is 0 Å². The van der Waals surface area contributed by atoms with Gasteiger partial charge >= 0.3 is 0 Å². The molecule has 1 atom stereocenters. The average Bonchev–Trinajstić information content (AvgIpc) is 2.81. The first-order valence-electron chi connectivity index (χ1n) is 6.57. The Balaban J connectivity index is 2.16. The Hall–Kier alpha value is -1.13. The summed E-state index contributed by atoms with van der Waals surface area (Å²) in [6, 6.07) is 4.44. The molecule has 0 bridgehead atoms. The van der Waals surface area contributed by atoms with Gasteiger partial charge in [0.15, 0.2) is 0 Å². The Kier molecular flexibility index (Phi) is 5.16. The minimum atomic E-state index is 0.273. The zero-order chi connectivity index (χ0) is 13.7. The lowest BCUT2D eigenvalue weighted by molar-refractivity contribution is 0.493. The Morgan fingerprint density at radius 1 is 1.42 bits per heavy atom. The zero-order valence-corrected chi connectivity index (χ0v) is 12.9. The number of aryl methyl sites for hydroxylation is 1. The van der Waals surface area contributed by atoms with Crippen molar-refractivity contribution in [2.24, 2.45) is 0 Å². The van der Waals surface area contributed by atoms with E-state index < -0.39 is 0 Å². The molecule has 2 rings (SSSR count). The molecule has 19 heavy (non-hydrogen) atoms. The van der Waals surface area contributed by atoms with E-state index in [-0.39, 0.29) is 6.04 Å². The van der Waals surface area contributed by atoms with E-state index in [4.69, 9.17) is 4.42 Å². The van der Waals surface area contributed by atoms with E-state index in [1.807, 2.05) is 19.2 Å². The van der Waals surface area contributed by atoms with Crippen molar-refractivity contribution in [3.05, 3.63) is 52.1 Å². The van der Waals surface area contributed by atoms with Crippen LogP contribution in [0.25, 0.3) is 0 Å². The van der Waals surface area contributed by atoms with Crippen LogP contribution in [0.15, 0.2) is 39.7 Å². The van der Waals surface area contributed by atoms with Crippen molar-refractivity contribution in [1.29, 1.82) is 0 Å². The summed E-state index contributed by atoms with van der Waals surface area (Å²) in [4.78, 5) is 4.22. The smallest absolute Gasteiger partial charge is 0.105 e. The van der Waals surface area contributed by atoms with E-state index in [0.29, 0.717) is 0 Å². The minimum Gasteiger partial charge on any atom is -0.469 e. The van der Waals surface area contributed by atoms with E-state index in [1.54, 1.807) is 12.5 Å². The molecular formula is C15H19BrN2O. The molecule has 1 unspecified atom stereocenters. The van der Waals surface area contributed by atoms with Crippen molar-refractivity contribution in [1.82, 2.24) is 10.3 Å². The zero-order valence-electron chi connectivity index (χ0n) is 11.3. The minimum absolute atomic E-state index is 0.273. The Morgan fingerprint density at radius 3 is 2.89 bits per heavy atom. The van der Waals surface area contributed by atoms with Gasteiger partial charge in [-0.15, -0.1) is 0 Å². The Labute approximate surface area is 122 Å². The molecule has 2 heterocycles. The van der Waals surface area contributed by atoms with Gasteiger partial charge in [-0.1, -0.05) is 6.92 Å². The fourth-order valence-electron chi connectivity index (χ4n) is 2.17. The molecule has 0 aliphatic carbocycles. The third-order valence-electron chi connectivity index (χ3n) is 3.12. The summed E-state index contributed by atoms with van der Waals surface area (Å²) in [7, 11) is 0. The van der Waals surface area contributed by atoms with E-state index >= 15 is 0 Å². The predicted molar refractivity (Wildman–Crippen MR) is 80.1 cm³/mol. The van der Waals surface area contributed by atoms with Crippen LogP contribution in [0.5, 0.6) is 0 Å². The molecule has 0 aliphatic rings. The second-order valence-electron chi connectivity index (χ2n) is 4.65. The second-order valence-corrected chi connectivity index (χ2v) is 5.57. The highest BCUT2D eigenvalue weighted by molar-refractivity contribution is 9.10. The highest BCUT2D eigenvalue weighted by Gasteiger charge is 2.16. The lowest BCUT2D eigenvalue weighted by atomic mass is 10.0. The molecule has 1 N–H and O–H groups in total. The second kappa shape index (κ2) is 6.87. The van der Waals surface area contributed by atoms with Crippen molar-refractivity contribution >= 4 is 15.9 Å². The lowest BCUT2D eigenvalue weighted by Crippen LogP contribution is -2.24. The van der Waals surface area contributed by atoms with Gasteiger partial charge in [0.25, 0.3) is 0 Å². The number of hydrogen-bond donors (Lipinski definition) is 1. The number of aromatic nitrogens is 1. The maximum atomic E-state index is 5.42. The quantitative estimate of drug-likeness (QED) is 0.872. The maximum Gasteiger partial charge on any atom is 0.105 e. The number of rotatable bonds is 6. The number of pyridine rings is 1. The predicted octanol–water partition coefficient (Wildman–Crippen LogP) is 4.03. The van der Waals surface area contributed by atoms with Gasteiger partial charge in [0, 0.05) is 28.5 Å². The molecule has 0 radical (unpaired) electrons. The monoisotopic (exact) mass is 322 g/mol. The van der Waals surface area contributed by atoms with Gasteiger partial charge in [0.1, 0.15) is 5.76 Å². The number of nitrogens with one attached hydrogen (secondary N) is 1. The third-order valence-corrected chi connectivity index (χ3v) is 3.55. The molecule has 0 spiro atoms. The van der Waals surface area contributed by atoms with E-state index in [0.717, 1.165) is 29.6 Å². The van der Waals surface area contributed by atoms with Gasteiger partial charge in [0.2, 0.25) is 0 Å². The number of hydrogen-bond acceptors (Lipinski definition) is 3. The maximum absolute atomic E-state index is 5.42. The van der Waals surface area contributed by atoms with E-state index in [2.05, 4.69) is 39.2 Å². The molecule has 0 aliphatic heterocycles. The first kappa shape index (κ1) is 14.3. The molecule has 2 aromatic heterocycles. The highest BCUT2D eigenvalue weighted by Crippen LogP contribution is 2.23. The molecule has 0 fully saturated rings. The molecule has 2 aromatic rings. The SMILES string of the molecule is CCCNC(Cc1cncc(Br)c1)c1ccoc1C. The first-order valence-corrected chi connectivity index (χ1v) is 7.36. The van der Waals surface area contributed by atoms with Crippen molar-refractivity contribution < 1.29 is 4.42 Å². The van der Waals surface area contributed by atoms with Gasteiger partial charge in [0.05, 0.1) is 6.26 Å². The van der Waals surface area contributed by atoms with Crippen LogP contribution < -0.4 is 5.32 Å². The van der Waals surface area contributed by atoms with Crippen LogP contribution >= 0.6 is 15.9 Å². The topological polar surface area (TPSA) is 38.1 Å². The van der Waals surface area contributed by atoms with E-state index in [9.17, 15) is 0 Å². The molecule has 0 aromatic carbocycles. The lowest BCUT2D eigenvalue weighted by Gasteiger charge is -2.18. The van der Waals surface area contributed by atoms with Gasteiger partial charge in [-0.2, -0.15) is 0 Å². The van der Waals surface area contributed by atoms with Crippen LogP contribution in [0.4, 0.5) is 0 Å². The normalized spacial score (nSPS) is 12.6. The van der Waals surface area contributed by atoms with Crippen LogP contribution in [-0.4, -0.2) is 11.5 Å². The standard InChI is InChI=1S/C15H19BrN2O/c1-3-5-18-15(14-4-6-19-11(14)2)8-12-7-13(16)10-17-9-12/h4,6-7,9-10,15,18H,3,5,8H2,1-2H3. The number of nitrogens with zero attached hydrogens (tertiary/aromatic N) is 1. The van der Waals surface area contributed by atoms with Crippen molar-refractivity contribution in [3.63, 3.8) is 0 Å². The summed E-state index contributed by atoms with van der Waals surface area (Å²) in [5.74, 6) is 0.983. The average molecular weight is 323 g/mol. The summed E-state index contributed by atoms with van der Waals surface area (Å²) in [5, 5.41) is 3.58. The summed E-state index contributed by atoms with van der Waals surface area (Å²) in [6.07, 6.45) is 7.50. The van der Waals surface area contributed by atoms with Gasteiger partial charge in [-0.3, -0.25) is 4.98 Å². The third kappa shape index (κ3) is 3.91. The largest absolute Gasteiger partial charge is 0.469 e. The molecule has 3 nitrogen and oxygen atoms in total. The van der Waals surface area contributed by atoms with Crippen LogP contribution in [0, 0.1) is 6.92 Å². The molecule has 0 amide bonds. The molecule has 4 heteroatoms. The van der Waals surface area contributed by atoms with Crippen LogP contribution in [0.1, 0.15) is 36.3 Å². The van der Waals surface area contributed by atoms with Gasteiger partial charge in [-0.05, 0) is 59.9 Å². The molecule has 0 saturated carbocycles. The highest BCUT2D eigenvalue weighted by atomic mass is 79.9. The van der Waals surface area contributed by atoms with Crippen LogP contribution in [-0.2, 0) is 6.42 Å². The summed E-state index contributed by atoms with van der Waals surface area (Å²) < 4.78 is 6.44. The Morgan fingerprint density at radius 2 is 2.26 bits per heavy atom. The molecule has 0 saturated heterocycles. The van der Waals surface area contributed by atoms with Gasteiger partial charge in [-0.25, -0.2) is 0 Å². The summed E-state index contributed by atoms with van der Waals surface area (Å²) >= 11 is 3.47. The number of halogens is 1. The molecule has 102 valence electrons. The van der Waals surface area contributed by atoms with Gasteiger partial charge < -0.3 is 9.73 Å². The summed E-state index contributed by atoms with van der Waals surface area (Å²) in [5.41, 5.74) is 2.44. The molecular weight excluding hydrogens is 304 g/mol. The Bertz CT molecular complexity index is 524. The van der Waals surface area contributed by atoms with Crippen molar-refractivity contribution in [3.8, 4) is 0 Å². The van der Waals surface area contributed by atoms with Crippen molar-refractivity contribution in [2.45, 2.75) is 32.7 Å². The fourth-order valence-corrected chi connectivity index (χ4v) is 2.58. The number of furan rings is 1.